The van der Waals surface area contributed by atoms with Gasteiger partial charge >= 0.3 is 12.1 Å². The Bertz CT molecular complexity index is 1210. The molecule has 2 aromatic carbocycles. The first-order valence-electron chi connectivity index (χ1n) is 11.5. The van der Waals surface area contributed by atoms with Crippen LogP contribution in [0.3, 0.4) is 0 Å². The van der Waals surface area contributed by atoms with Crippen LogP contribution in [-0.4, -0.2) is 41.7 Å². The SMILES string of the molecule is CCOC(=O)[C@@H]1C(=O)C[C@]2(C(=O)N(C(=O)OC(C)(C)C)c3ccccc32)[C@H]1C(=O)c1ccccc1. The number of carbonyl (C=O) groups is 5. The van der Waals surface area contributed by atoms with E-state index >= 15 is 0 Å². The molecule has 1 fully saturated rings. The molecule has 4 rings (SSSR count). The minimum atomic E-state index is -1.74. The van der Waals surface area contributed by atoms with Gasteiger partial charge in [-0.1, -0.05) is 48.5 Å². The van der Waals surface area contributed by atoms with Crippen molar-refractivity contribution in [3.63, 3.8) is 0 Å². The Labute approximate surface area is 203 Å². The van der Waals surface area contributed by atoms with Gasteiger partial charge in [-0.15, -0.1) is 0 Å². The predicted molar refractivity (Wildman–Crippen MR) is 126 cm³/mol. The first kappa shape index (κ1) is 24.3. The highest BCUT2D eigenvalue weighted by Gasteiger charge is 2.69. The quantitative estimate of drug-likeness (QED) is 0.374. The van der Waals surface area contributed by atoms with E-state index in [2.05, 4.69) is 0 Å². The number of hydrogen-bond acceptors (Lipinski definition) is 7. The lowest BCUT2D eigenvalue weighted by Gasteiger charge is -2.31. The summed E-state index contributed by atoms with van der Waals surface area (Å²) in [7, 11) is 0. The number of Topliss-reactive ketones (excluding diaryl/α,β-unsaturated/α-hetero) is 2. The van der Waals surface area contributed by atoms with Gasteiger partial charge in [0.25, 0.3) is 0 Å². The Morgan fingerprint density at radius 1 is 1.00 bits per heavy atom. The monoisotopic (exact) mass is 477 g/mol. The van der Waals surface area contributed by atoms with E-state index in [0.717, 1.165) is 4.90 Å². The Kier molecular flexibility index (Phi) is 6.09. The van der Waals surface area contributed by atoms with Crippen molar-refractivity contribution in [3.8, 4) is 0 Å². The summed E-state index contributed by atoms with van der Waals surface area (Å²) in [5, 5.41) is 0. The summed E-state index contributed by atoms with van der Waals surface area (Å²) in [5.41, 5.74) is -1.81. The number of anilines is 1. The van der Waals surface area contributed by atoms with Crippen LogP contribution in [0.4, 0.5) is 10.5 Å². The zero-order chi connectivity index (χ0) is 25.5. The molecule has 8 nitrogen and oxygen atoms in total. The van der Waals surface area contributed by atoms with Gasteiger partial charge < -0.3 is 9.47 Å². The van der Waals surface area contributed by atoms with Gasteiger partial charge in [0.15, 0.2) is 5.78 Å². The zero-order valence-corrected chi connectivity index (χ0v) is 20.1. The van der Waals surface area contributed by atoms with Crippen molar-refractivity contribution >= 4 is 35.2 Å². The largest absolute Gasteiger partial charge is 0.465 e. The summed E-state index contributed by atoms with van der Waals surface area (Å²) in [6.45, 7) is 6.62. The maximum absolute atomic E-state index is 14.1. The van der Waals surface area contributed by atoms with Crippen molar-refractivity contribution < 1.29 is 33.4 Å². The molecule has 2 aliphatic rings. The van der Waals surface area contributed by atoms with Crippen LogP contribution in [0.1, 0.15) is 50.0 Å². The Morgan fingerprint density at radius 3 is 2.26 bits per heavy atom. The number of nitrogens with zero attached hydrogens (tertiary/aromatic N) is 1. The number of para-hydroxylation sites is 1. The fourth-order valence-electron chi connectivity index (χ4n) is 5.05. The van der Waals surface area contributed by atoms with Crippen LogP contribution in [0.25, 0.3) is 0 Å². The summed E-state index contributed by atoms with van der Waals surface area (Å²) < 4.78 is 10.6. The number of hydrogen-bond donors (Lipinski definition) is 0. The van der Waals surface area contributed by atoms with Gasteiger partial charge in [0.1, 0.15) is 17.3 Å². The zero-order valence-electron chi connectivity index (χ0n) is 20.1. The lowest BCUT2D eigenvalue weighted by atomic mass is 9.68. The Morgan fingerprint density at radius 2 is 1.63 bits per heavy atom. The summed E-state index contributed by atoms with van der Waals surface area (Å²) in [6, 6.07) is 14.7. The molecule has 0 aromatic heterocycles. The van der Waals surface area contributed by atoms with Crippen LogP contribution in [0, 0.1) is 11.8 Å². The third kappa shape index (κ3) is 3.92. The normalized spacial score (nSPS) is 23.4. The van der Waals surface area contributed by atoms with Gasteiger partial charge in [0.05, 0.1) is 23.6 Å². The number of amides is 2. The van der Waals surface area contributed by atoms with Gasteiger partial charge in [-0.3, -0.25) is 19.2 Å². The first-order valence-corrected chi connectivity index (χ1v) is 11.5. The van der Waals surface area contributed by atoms with Gasteiger partial charge in [-0.2, -0.15) is 0 Å². The molecule has 3 atom stereocenters. The van der Waals surface area contributed by atoms with E-state index in [0.29, 0.717) is 5.56 Å². The number of benzene rings is 2. The highest BCUT2D eigenvalue weighted by molar-refractivity contribution is 6.27. The Hall–Kier alpha value is -3.81. The standard InChI is InChI=1S/C27H27NO7/c1-5-34-23(31)20-19(29)15-27(21(20)22(30)16-11-7-6-8-12-16)17-13-9-10-14-18(17)28(24(27)32)25(33)35-26(2,3)4/h6-14,20-21H,5,15H2,1-4H3/t20-,21-,27-/m1/s1. The van der Waals surface area contributed by atoms with E-state index in [1.807, 2.05) is 0 Å². The maximum Gasteiger partial charge on any atom is 0.421 e. The van der Waals surface area contributed by atoms with Gasteiger partial charge in [0.2, 0.25) is 5.91 Å². The molecule has 0 N–H and O–H groups in total. The molecular formula is C27H27NO7. The molecule has 1 heterocycles. The molecule has 35 heavy (non-hydrogen) atoms. The second kappa shape index (κ2) is 8.76. The third-order valence-electron chi connectivity index (χ3n) is 6.33. The molecule has 2 aromatic rings. The van der Waals surface area contributed by atoms with E-state index in [4.69, 9.17) is 9.47 Å². The topological polar surface area (TPSA) is 107 Å². The number of imide groups is 1. The highest BCUT2D eigenvalue weighted by atomic mass is 16.6. The lowest BCUT2D eigenvalue weighted by molar-refractivity contribution is -0.151. The van der Waals surface area contributed by atoms with Gasteiger partial charge in [-0.25, -0.2) is 9.69 Å². The smallest absolute Gasteiger partial charge is 0.421 e. The van der Waals surface area contributed by atoms with Crippen molar-refractivity contribution in [1.82, 2.24) is 0 Å². The van der Waals surface area contributed by atoms with Crippen LogP contribution in [0.2, 0.25) is 0 Å². The molecular weight excluding hydrogens is 450 g/mol. The molecule has 0 saturated heterocycles. The van der Waals surface area contributed by atoms with E-state index < -0.39 is 58.8 Å². The molecule has 0 unspecified atom stereocenters. The molecule has 2 amide bonds. The van der Waals surface area contributed by atoms with Crippen LogP contribution in [0.15, 0.2) is 54.6 Å². The molecule has 1 saturated carbocycles. The molecule has 1 spiro atoms. The molecule has 8 heteroatoms. The van der Waals surface area contributed by atoms with Crippen molar-refractivity contribution in [1.29, 1.82) is 0 Å². The van der Waals surface area contributed by atoms with Gasteiger partial charge in [0, 0.05) is 12.0 Å². The number of ketones is 2. The molecule has 0 bridgehead atoms. The average molecular weight is 478 g/mol. The second-order valence-corrected chi connectivity index (χ2v) is 9.69. The van der Waals surface area contributed by atoms with Crippen LogP contribution >= 0.6 is 0 Å². The van der Waals surface area contributed by atoms with Gasteiger partial charge in [-0.05, 0) is 39.3 Å². The summed E-state index contributed by atoms with van der Waals surface area (Å²) in [6.07, 6.45) is -1.32. The summed E-state index contributed by atoms with van der Waals surface area (Å²) in [5.74, 6) is -5.58. The summed E-state index contributed by atoms with van der Waals surface area (Å²) >= 11 is 0. The van der Waals surface area contributed by atoms with E-state index in [9.17, 15) is 24.0 Å². The van der Waals surface area contributed by atoms with Crippen molar-refractivity contribution in [2.45, 2.75) is 45.1 Å². The van der Waals surface area contributed by atoms with E-state index in [1.54, 1.807) is 82.3 Å². The minimum Gasteiger partial charge on any atom is -0.465 e. The molecule has 0 radical (unpaired) electrons. The number of rotatable bonds is 4. The fourth-order valence-corrected chi connectivity index (χ4v) is 5.05. The van der Waals surface area contributed by atoms with Crippen LogP contribution in [0.5, 0.6) is 0 Å². The van der Waals surface area contributed by atoms with Crippen molar-refractivity contribution in [3.05, 3.63) is 65.7 Å². The molecule has 1 aliphatic heterocycles. The molecule has 1 aliphatic carbocycles. The van der Waals surface area contributed by atoms with E-state index in [1.165, 1.54) is 0 Å². The number of carbonyl (C=O) groups excluding carboxylic acids is 5. The second-order valence-electron chi connectivity index (χ2n) is 9.69. The lowest BCUT2D eigenvalue weighted by Crippen LogP contribution is -2.50. The first-order chi connectivity index (χ1) is 16.5. The van der Waals surface area contributed by atoms with Crippen molar-refractivity contribution in [2.24, 2.45) is 11.8 Å². The number of fused-ring (bicyclic) bond motifs is 2. The number of ether oxygens (including phenoxy) is 2. The predicted octanol–water partition coefficient (Wildman–Crippen LogP) is 3.86. The van der Waals surface area contributed by atoms with Crippen LogP contribution < -0.4 is 4.90 Å². The fraction of sp³-hybridized carbons (Fsp3) is 0.370. The van der Waals surface area contributed by atoms with Crippen molar-refractivity contribution in [2.75, 3.05) is 11.5 Å². The molecule has 182 valence electrons. The number of esters is 1. The highest BCUT2D eigenvalue weighted by Crippen LogP contribution is 2.56. The van der Waals surface area contributed by atoms with E-state index in [-0.39, 0.29) is 17.9 Å². The minimum absolute atomic E-state index is 0.0103. The maximum atomic E-state index is 14.1. The third-order valence-corrected chi connectivity index (χ3v) is 6.33. The summed E-state index contributed by atoms with van der Waals surface area (Å²) in [4.78, 5) is 68.3. The van der Waals surface area contributed by atoms with Crippen LogP contribution in [-0.2, 0) is 29.3 Å². The Balaban J connectivity index is 1.92. The average Bonchev–Trinajstić information content (AvgIpc) is 3.24.